The van der Waals surface area contributed by atoms with Gasteiger partial charge in [0.1, 0.15) is 0 Å². The molecule has 6 heteroatoms. The minimum absolute atomic E-state index is 0.165. The second kappa shape index (κ2) is 9.03. The molecule has 0 unspecified atom stereocenters. The number of aryl methyl sites for hydroxylation is 2. The van der Waals surface area contributed by atoms with Gasteiger partial charge in [-0.15, -0.1) is 0 Å². The molecule has 3 N–H and O–H groups in total. The first kappa shape index (κ1) is 18.7. The van der Waals surface area contributed by atoms with Crippen LogP contribution in [0.1, 0.15) is 34.9 Å². The number of carbonyl (C=O) groups is 1. The topological polar surface area (TPSA) is 83.2 Å². The Hall–Kier alpha value is -2.60. The van der Waals surface area contributed by atoms with Crippen LogP contribution in [0.15, 0.2) is 35.1 Å². The number of carbonyl (C=O) groups excluding carboxylic acids is 1. The minimum Gasteiger partial charge on any atom is -0.377 e. The first-order chi connectivity index (χ1) is 12.0. The highest BCUT2D eigenvalue weighted by atomic mass is 16.5. The van der Waals surface area contributed by atoms with E-state index in [1.807, 2.05) is 51.1 Å². The molecule has 0 radical (unpaired) electrons. The molecule has 6 nitrogen and oxygen atoms in total. The third-order valence-electron chi connectivity index (χ3n) is 3.84. The van der Waals surface area contributed by atoms with Crippen molar-refractivity contribution < 1.29 is 9.53 Å². The predicted octanol–water partition coefficient (Wildman–Crippen LogP) is 2.53. The van der Waals surface area contributed by atoms with Crippen LogP contribution in [0.25, 0.3) is 0 Å². The number of nitrogens with one attached hydrogen (secondary N) is 3. The normalized spacial score (nSPS) is 10.5. The maximum Gasteiger partial charge on any atom is 0.315 e. The van der Waals surface area contributed by atoms with Gasteiger partial charge in [-0.3, -0.25) is 4.79 Å². The maximum absolute atomic E-state index is 12.0. The van der Waals surface area contributed by atoms with Crippen LogP contribution in [0.5, 0.6) is 0 Å². The number of benzene rings is 1. The predicted molar refractivity (Wildman–Crippen MR) is 97.4 cm³/mol. The SMILES string of the molecule is CCOCc1cccc(CNC(=O)NCc2c(C)cc(C)[nH]c2=O)c1. The van der Waals surface area contributed by atoms with E-state index in [1.54, 1.807) is 0 Å². The molecule has 134 valence electrons. The first-order valence-electron chi connectivity index (χ1n) is 8.36. The van der Waals surface area contributed by atoms with Crippen molar-refractivity contribution in [3.8, 4) is 0 Å². The molecule has 0 aliphatic heterocycles. The van der Waals surface area contributed by atoms with Gasteiger partial charge in [0.2, 0.25) is 0 Å². The average molecular weight is 343 g/mol. The van der Waals surface area contributed by atoms with Crippen LogP contribution in [-0.2, 0) is 24.4 Å². The zero-order valence-corrected chi connectivity index (χ0v) is 14.9. The molecule has 1 heterocycles. The van der Waals surface area contributed by atoms with E-state index < -0.39 is 0 Å². The van der Waals surface area contributed by atoms with E-state index in [0.29, 0.717) is 25.3 Å². The Balaban J connectivity index is 1.86. The quantitative estimate of drug-likeness (QED) is 0.722. The van der Waals surface area contributed by atoms with Gasteiger partial charge in [0.25, 0.3) is 5.56 Å². The average Bonchev–Trinajstić information content (AvgIpc) is 2.57. The van der Waals surface area contributed by atoms with Gasteiger partial charge < -0.3 is 20.4 Å². The minimum atomic E-state index is -0.311. The van der Waals surface area contributed by atoms with Gasteiger partial charge in [-0.1, -0.05) is 24.3 Å². The number of pyridine rings is 1. The number of aromatic nitrogens is 1. The number of hydrogen-bond donors (Lipinski definition) is 3. The zero-order valence-electron chi connectivity index (χ0n) is 14.9. The number of rotatable bonds is 7. The van der Waals surface area contributed by atoms with Gasteiger partial charge >= 0.3 is 6.03 Å². The summed E-state index contributed by atoms with van der Waals surface area (Å²) >= 11 is 0. The Morgan fingerprint density at radius 2 is 1.84 bits per heavy atom. The Morgan fingerprint density at radius 3 is 2.56 bits per heavy atom. The van der Waals surface area contributed by atoms with Crippen LogP contribution in [0, 0.1) is 13.8 Å². The van der Waals surface area contributed by atoms with Gasteiger partial charge in [-0.25, -0.2) is 4.79 Å². The van der Waals surface area contributed by atoms with Gasteiger partial charge in [0.15, 0.2) is 0 Å². The van der Waals surface area contributed by atoms with E-state index in [2.05, 4.69) is 15.6 Å². The van der Waals surface area contributed by atoms with E-state index in [-0.39, 0.29) is 18.1 Å². The van der Waals surface area contributed by atoms with Crippen molar-refractivity contribution in [2.45, 2.75) is 40.5 Å². The van der Waals surface area contributed by atoms with E-state index in [4.69, 9.17) is 4.74 Å². The second-order valence-corrected chi connectivity index (χ2v) is 5.94. The Bertz CT molecular complexity index is 784. The largest absolute Gasteiger partial charge is 0.377 e. The molecule has 0 spiro atoms. The summed E-state index contributed by atoms with van der Waals surface area (Å²) in [5.74, 6) is 0. The molecule has 0 saturated heterocycles. The number of amides is 2. The summed E-state index contributed by atoms with van der Waals surface area (Å²) in [7, 11) is 0. The Labute approximate surface area is 147 Å². The lowest BCUT2D eigenvalue weighted by Gasteiger charge is -2.10. The van der Waals surface area contributed by atoms with Crippen LogP contribution >= 0.6 is 0 Å². The molecule has 0 bridgehead atoms. The molecular formula is C19H25N3O3. The van der Waals surface area contributed by atoms with Crippen LogP contribution in [0.3, 0.4) is 0 Å². The van der Waals surface area contributed by atoms with Crippen LogP contribution in [0.4, 0.5) is 4.79 Å². The number of H-pyrrole nitrogens is 1. The third kappa shape index (κ3) is 5.76. The van der Waals surface area contributed by atoms with E-state index in [0.717, 1.165) is 22.4 Å². The van der Waals surface area contributed by atoms with Crippen LogP contribution < -0.4 is 16.2 Å². The molecular weight excluding hydrogens is 318 g/mol. The number of aromatic amines is 1. The number of ether oxygens (including phenoxy) is 1. The van der Waals surface area contributed by atoms with Crippen molar-refractivity contribution in [1.29, 1.82) is 0 Å². The molecule has 0 aliphatic rings. The molecule has 2 amide bonds. The molecule has 1 aromatic heterocycles. The van der Waals surface area contributed by atoms with Crippen molar-refractivity contribution in [3.05, 3.63) is 68.6 Å². The first-order valence-corrected chi connectivity index (χ1v) is 8.36. The molecule has 0 atom stereocenters. The molecule has 0 saturated carbocycles. The second-order valence-electron chi connectivity index (χ2n) is 5.94. The summed E-state index contributed by atoms with van der Waals surface area (Å²) in [4.78, 5) is 26.7. The lowest BCUT2D eigenvalue weighted by Crippen LogP contribution is -2.36. The maximum atomic E-state index is 12.0. The zero-order chi connectivity index (χ0) is 18.2. The summed E-state index contributed by atoms with van der Waals surface area (Å²) < 4.78 is 5.39. The van der Waals surface area contributed by atoms with E-state index >= 15 is 0 Å². The molecule has 2 rings (SSSR count). The summed E-state index contributed by atoms with van der Waals surface area (Å²) in [6.07, 6.45) is 0. The highest BCUT2D eigenvalue weighted by molar-refractivity contribution is 5.73. The standard InChI is InChI=1S/C19H25N3O3/c1-4-25-12-16-7-5-6-15(9-16)10-20-19(24)21-11-17-13(2)8-14(3)22-18(17)23/h5-9H,4,10-12H2,1-3H3,(H,22,23)(H2,20,21,24). The molecule has 25 heavy (non-hydrogen) atoms. The Kier molecular flexibility index (Phi) is 6.77. The van der Waals surface area contributed by atoms with Gasteiger partial charge in [-0.05, 0) is 43.5 Å². The van der Waals surface area contributed by atoms with Crippen molar-refractivity contribution >= 4 is 6.03 Å². The van der Waals surface area contributed by atoms with Gasteiger partial charge in [0, 0.05) is 24.4 Å². The summed E-state index contributed by atoms with van der Waals surface area (Å²) in [5, 5.41) is 5.52. The molecule has 2 aromatic rings. The van der Waals surface area contributed by atoms with Crippen LogP contribution in [-0.4, -0.2) is 17.6 Å². The van der Waals surface area contributed by atoms with Crippen molar-refractivity contribution in [1.82, 2.24) is 15.6 Å². The van der Waals surface area contributed by atoms with Crippen molar-refractivity contribution in [2.24, 2.45) is 0 Å². The fraction of sp³-hybridized carbons (Fsp3) is 0.368. The molecule has 0 aliphatic carbocycles. The van der Waals surface area contributed by atoms with Gasteiger partial charge in [0.05, 0.1) is 13.2 Å². The van der Waals surface area contributed by atoms with E-state index in [1.165, 1.54) is 0 Å². The summed E-state index contributed by atoms with van der Waals surface area (Å²) in [6, 6.07) is 9.47. The fourth-order valence-electron chi connectivity index (χ4n) is 2.56. The third-order valence-corrected chi connectivity index (χ3v) is 3.84. The number of urea groups is 1. The lowest BCUT2D eigenvalue weighted by atomic mass is 10.1. The molecule has 1 aromatic carbocycles. The Morgan fingerprint density at radius 1 is 1.12 bits per heavy atom. The lowest BCUT2D eigenvalue weighted by molar-refractivity contribution is 0.134. The highest BCUT2D eigenvalue weighted by Crippen LogP contribution is 2.07. The number of hydrogen-bond acceptors (Lipinski definition) is 3. The molecule has 0 fully saturated rings. The van der Waals surface area contributed by atoms with Crippen LogP contribution in [0.2, 0.25) is 0 Å². The smallest absolute Gasteiger partial charge is 0.315 e. The fourth-order valence-corrected chi connectivity index (χ4v) is 2.56. The van der Waals surface area contributed by atoms with Crippen molar-refractivity contribution in [2.75, 3.05) is 6.61 Å². The summed E-state index contributed by atoms with van der Waals surface area (Å²) in [6.45, 7) is 7.48. The van der Waals surface area contributed by atoms with Crippen molar-refractivity contribution in [3.63, 3.8) is 0 Å². The van der Waals surface area contributed by atoms with Gasteiger partial charge in [-0.2, -0.15) is 0 Å². The van der Waals surface area contributed by atoms with E-state index in [9.17, 15) is 9.59 Å². The monoisotopic (exact) mass is 343 g/mol. The highest BCUT2D eigenvalue weighted by Gasteiger charge is 2.07. The summed E-state index contributed by atoms with van der Waals surface area (Å²) in [5.41, 5.74) is 4.15.